The number of rotatable bonds is 3. The highest BCUT2D eigenvalue weighted by molar-refractivity contribution is 6.24. The maximum Gasteiger partial charge on any atom is 0.534 e. The predicted octanol–water partition coefficient (Wildman–Crippen LogP) is 4.64. The summed E-state index contributed by atoms with van der Waals surface area (Å²) in [6.07, 6.45) is -2.38. The van der Waals surface area contributed by atoms with E-state index in [1.807, 2.05) is 0 Å². The van der Waals surface area contributed by atoms with E-state index < -0.39 is 46.8 Å². The molecule has 1 aromatic carbocycles. The highest BCUT2D eigenvalue weighted by Gasteiger charge is 2.58. The van der Waals surface area contributed by atoms with E-state index in [2.05, 4.69) is 5.10 Å². The number of hydrogen-bond donors (Lipinski definition) is 0. The summed E-state index contributed by atoms with van der Waals surface area (Å²) in [5, 5.41) is 5.90. The lowest BCUT2D eigenvalue weighted by Gasteiger charge is -2.36. The van der Waals surface area contributed by atoms with Gasteiger partial charge >= 0.3 is 12.2 Å². The van der Waals surface area contributed by atoms with E-state index >= 15 is 0 Å². The molecule has 0 fully saturated rings. The quantitative estimate of drug-likeness (QED) is 0.476. The van der Waals surface area contributed by atoms with Gasteiger partial charge in [0.05, 0.1) is 6.04 Å². The fourth-order valence-electron chi connectivity index (χ4n) is 3.03. The monoisotopic (exact) mass is 465 g/mol. The van der Waals surface area contributed by atoms with Gasteiger partial charge in [-0.15, -0.1) is 5.06 Å². The van der Waals surface area contributed by atoms with Crippen LogP contribution in [-0.4, -0.2) is 56.7 Å². The summed E-state index contributed by atoms with van der Waals surface area (Å²) < 4.78 is 25.4. The van der Waals surface area contributed by atoms with Crippen LogP contribution >= 0.6 is 0 Å². The van der Waals surface area contributed by atoms with E-state index in [0.717, 1.165) is 5.01 Å². The third kappa shape index (κ3) is 5.80. The Morgan fingerprint density at radius 3 is 2.09 bits per heavy atom. The van der Waals surface area contributed by atoms with Gasteiger partial charge in [0.2, 0.25) is 5.54 Å². The van der Waals surface area contributed by atoms with Crippen molar-refractivity contribution in [2.45, 2.75) is 85.1 Å². The van der Waals surface area contributed by atoms with Crippen molar-refractivity contribution in [3.05, 3.63) is 35.6 Å². The van der Waals surface area contributed by atoms with Crippen LogP contribution in [0.1, 0.15) is 67.9 Å². The topological polar surface area (TPSA) is 97.7 Å². The number of nitrogens with zero attached hydrogens (tertiary/aromatic N) is 3. The first kappa shape index (κ1) is 26.1. The number of ether oxygens (including phenoxy) is 2. The van der Waals surface area contributed by atoms with Crippen LogP contribution < -0.4 is 0 Å². The first-order valence-corrected chi connectivity index (χ1v) is 10.6. The summed E-state index contributed by atoms with van der Waals surface area (Å²) in [6.45, 7) is 14.4. The molecule has 0 saturated heterocycles. The minimum atomic E-state index is -2.04. The van der Waals surface area contributed by atoms with Crippen molar-refractivity contribution in [1.82, 2.24) is 10.1 Å². The number of benzene rings is 1. The summed E-state index contributed by atoms with van der Waals surface area (Å²) in [4.78, 5) is 44.5. The third-order valence-corrected chi connectivity index (χ3v) is 4.43. The molecule has 9 nitrogen and oxygen atoms in total. The summed E-state index contributed by atoms with van der Waals surface area (Å²) in [6, 6.07) is 5.24. The molecular weight excluding hydrogens is 433 g/mol. The Morgan fingerprint density at radius 2 is 1.61 bits per heavy atom. The lowest BCUT2D eigenvalue weighted by molar-refractivity contribution is -0.177. The fraction of sp³-hybridized carbons (Fsp3) is 0.565. The molecule has 2 rings (SSSR count). The number of carbonyl (C=O) groups excluding carboxylic acids is 3. The molecule has 0 aliphatic carbocycles. The molecule has 0 spiro atoms. The molecule has 0 bridgehead atoms. The van der Waals surface area contributed by atoms with Crippen LogP contribution in [0.5, 0.6) is 0 Å². The van der Waals surface area contributed by atoms with Crippen molar-refractivity contribution >= 4 is 23.9 Å². The molecule has 0 N–H and O–H groups in total. The minimum Gasteiger partial charge on any atom is -0.442 e. The van der Waals surface area contributed by atoms with Crippen molar-refractivity contribution in [2.24, 2.45) is 5.10 Å². The number of hydrogen-bond acceptors (Lipinski definition) is 7. The highest BCUT2D eigenvalue weighted by Crippen LogP contribution is 2.34. The number of hydrazone groups is 1. The average molecular weight is 466 g/mol. The van der Waals surface area contributed by atoms with E-state index in [0.29, 0.717) is 5.06 Å². The molecule has 1 unspecified atom stereocenters. The van der Waals surface area contributed by atoms with Gasteiger partial charge in [-0.3, -0.25) is 9.63 Å². The van der Waals surface area contributed by atoms with Crippen LogP contribution in [-0.2, 0) is 19.1 Å². The Labute approximate surface area is 193 Å². The Bertz CT molecular complexity index is 964. The van der Waals surface area contributed by atoms with Gasteiger partial charge in [-0.1, -0.05) is 18.2 Å². The zero-order chi connectivity index (χ0) is 25.4. The van der Waals surface area contributed by atoms with E-state index in [1.165, 1.54) is 25.1 Å². The van der Waals surface area contributed by atoms with Gasteiger partial charge in [0.1, 0.15) is 22.7 Å². The molecule has 0 aromatic heterocycles. The summed E-state index contributed by atoms with van der Waals surface area (Å²) in [5.41, 5.74) is -4.11. The Balaban J connectivity index is 2.66. The van der Waals surface area contributed by atoms with Crippen molar-refractivity contribution in [1.29, 1.82) is 0 Å². The summed E-state index contributed by atoms with van der Waals surface area (Å²) in [7, 11) is 0. The van der Waals surface area contributed by atoms with Crippen LogP contribution in [0.4, 0.5) is 14.0 Å². The first-order valence-electron chi connectivity index (χ1n) is 10.6. The maximum atomic E-state index is 14.8. The van der Waals surface area contributed by atoms with E-state index in [4.69, 9.17) is 14.3 Å². The average Bonchev–Trinajstić information content (AvgIpc) is 2.89. The molecule has 1 aromatic rings. The molecule has 182 valence electrons. The third-order valence-electron chi connectivity index (χ3n) is 4.43. The minimum absolute atomic E-state index is 0.0298. The van der Waals surface area contributed by atoms with Crippen molar-refractivity contribution in [2.75, 3.05) is 0 Å². The van der Waals surface area contributed by atoms with Gasteiger partial charge in [-0.2, -0.15) is 5.10 Å². The second kappa shape index (κ2) is 8.99. The molecule has 1 aliphatic heterocycles. The van der Waals surface area contributed by atoms with E-state index in [9.17, 15) is 18.8 Å². The number of hydroxylamine groups is 2. The zero-order valence-corrected chi connectivity index (χ0v) is 20.6. The molecule has 2 amide bonds. The van der Waals surface area contributed by atoms with Gasteiger partial charge in [0.15, 0.2) is 0 Å². The molecule has 33 heavy (non-hydrogen) atoms. The number of carbonyl (C=O) groups is 3. The molecule has 10 heteroatoms. The Hall–Kier alpha value is -3.17. The van der Waals surface area contributed by atoms with Crippen LogP contribution in [0, 0.1) is 5.82 Å². The second-order valence-corrected chi connectivity index (χ2v) is 10.1. The smallest absolute Gasteiger partial charge is 0.442 e. The van der Waals surface area contributed by atoms with Gasteiger partial charge in [-0.25, -0.2) is 19.0 Å². The number of amides is 2. The standard InChI is InChI=1S/C23H32FN3O6/c1-14(2)26-18(28)23(9,17(25-26)15-12-10-11-13-16(15)24)27(19(29)31-21(3,4)5)33-20(30)32-22(6,7)8/h10-14H,1-9H3. The molecule has 1 aliphatic rings. The number of halogens is 1. The van der Waals surface area contributed by atoms with Crippen LogP contribution in [0.15, 0.2) is 29.4 Å². The van der Waals surface area contributed by atoms with Crippen molar-refractivity contribution in [3.63, 3.8) is 0 Å². The first-order chi connectivity index (χ1) is 15.0. The lowest BCUT2D eigenvalue weighted by Crippen LogP contribution is -2.61. The van der Waals surface area contributed by atoms with Gasteiger partial charge in [0.25, 0.3) is 5.91 Å². The van der Waals surface area contributed by atoms with Gasteiger partial charge in [0, 0.05) is 5.56 Å². The van der Waals surface area contributed by atoms with Crippen molar-refractivity contribution in [3.8, 4) is 0 Å². The van der Waals surface area contributed by atoms with E-state index in [1.54, 1.807) is 61.5 Å². The largest absolute Gasteiger partial charge is 0.534 e. The zero-order valence-electron chi connectivity index (χ0n) is 20.6. The van der Waals surface area contributed by atoms with Gasteiger partial charge in [-0.05, 0) is 68.4 Å². The molecule has 1 heterocycles. The maximum absolute atomic E-state index is 14.8. The van der Waals surface area contributed by atoms with Crippen LogP contribution in [0.2, 0.25) is 0 Å². The van der Waals surface area contributed by atoms with E-state index in [-0.39, 0.29) is 11.3 Å². The Kier molecular flexibility index (Phi) is 7.11. The second-order valence-electron chi connectivity index (χ2n) is 10.1. The molecule has 1 atom stereocenters. The highest BCUT2D eigenvalue weighted by atomic mass is 19.1. The molecule has 0 saturated carbocycles. The summed E-state index contributed by atoms with van der Waals surface area (Å²) in [5.74, 6) is -1.37. The van der Waals surface area contributed by atoms with Crippen LogP contribution in [0.25, 0.3) is 0 Å². The predicted molar refractivity (Wildman–Crippen MR) is 119 cm³/mol. The normalized spacial score (nSPS) is 18.8. The van der Waals surface area contributed by atoms with Crippen molar-refractivity contribution < 1.29 is 33.1 Å². The summed E-state index contributed by atoms with van der Waals surface area (Å²) >= 11 is 0. The Morgan fingerprint density at radius 1 is 1.06 bits per heavy atom. The fourth-order valence-corrected chi connectivity index (χ4v) is 3.03. The lowest BCUT2D eigenvalue weighted by atomic mass is 9.89. The molecule has 0 radical (unpaired) electrons. The van der Waals surface area contributed by atoms with Gasteiger partial charge < -0.3 is 9.47 Å². The SMILES string of the molecule is CC(C)N1N=C(c2ccccc2F)C(C)(N(OC(=O)OC(C)(C)C)C(=O)OC(C)(C)C)C1=O. The molecular formula is C23H32FN3O6. The van der Waals surface area contributed by atoms with Crippen LogP contribution in [0.3, 0.4) is 0 Å².